The lowest BCUT2D eigenvalue weighted by atomic mass is 10.0. The zero-order chi connectivity index (χ0) is 24.2. The van der Waals surface area contributed by atoms with Crippen molar-refractivity contribution in [3.63, 3.8) is 0 Å². The van der Waals surface area contributed by atoms with E-state index in [0.29, 0.717) is 22.6 Å². The molecule has 0 atom stereocenters. The Kier molecular flexibility index (Phi) is 6.64. The Balaban J connectivity index is 1.49. The molecule has 5 nitrogen and oxygen atoms in total. The van der Waals surface area contributed by atoms with Gasteiger partial charge in [0.15, 0.2) is 0 Å². The summed E-state index contributed by atoms with van der Waals surface area (Å²) in [6.45, 7) is 8.13. The Bertz CT molecular complexity index is 1430. The summed E-state index contributed by atoms with van der Waals surface area (Å²) < 4.78 is 16.8. The minimum absolute atomic E-state index is 0.0948. The van der Waals surface area contributed by atoms with Crippen LogP contribution in [0.1, 0.15) is 42.0 Å². The molecule has 0 amide bonds. The molecular formula is C29H26O5. The summed E-state index contributed by atoms with van der Waals surface area (Å²) in [6, 6.07) is 18.4. The van der Waals surface area contributed by atoms with E-state index in [0.717, 1.165) is 16.7 Å². The van der Waals surface area contributed by atoms with E-state index >= 15 is 0 Å². The maximum absolute atomic E-state index is 12.9. The molecule has 0 radical (unpaired) electrons. The molecule has 34 heavy (non-hydrogen) atoms. The molecule has 0 aliphatic rings. The molecule has 3 aromatic carbocycles. The number of hydrogen-bond acceptors (Lipinski definition) is 5. The van der Waals surface area contributed by atoms with Crippen molar-refractivity contribution in [2.75, 3.05) is 0 Å². The molecule has 4 aromatic rings. The summed E-state index contributed by atoms with van der Waals surface area (Å²) in [5, 5.41) is 0.336. The van der Waals surface area contributed by atoms with Crippen LogP contribution in [0.15, 0.2) is 82.2 Å². The minimum Gasteiger partial charge on any atom is -0.460 e. The standard InChI is InChI=1S/C29H26O5/c1-18(2)22-10-7-21(8-11-22)9-14-28(30)33-23-12-13-24-26(16-23)32-17-27(29(24)31)34-25-15-19(3)5-6-20(25)4/h5-18H,1-4H3. The van der Waals surface area contributed by atoms with Gasteiger partial charge in [0.2, 0.25) is 11.2 Å². The molecule has 0 unspecified atom stereocenters. The van der Waals surface area contributed by atoms with E-state index < -0.39 is 5.97 Å². The molecule has 1 heterocycles. The van der Waals surface area contributed by atoms with Crippen LogP contribution in [0.3, 0.4) is 0 Å². The van der Waals surface area contributed by atoms with Crippen LogP contribution in [0.5, 0.6) is 17.2 Å². The second-order valence-corrected chi connectivity index (χ2v) is 8.53. The van der Waals surface area contributed by atoms with E-state index in [9.17, 15) is 9.59 Å². The smallest absolute Gasteiger partial charge is 0.336 e. The van der Waals surface area contributed by atoms with Crippen LogP contribution in [-0.2, 0) is 4.79 Å². The number of rotatable bonds is 6. The summed E-state index contributed by atoms with van der Waals surface area (Å²) in [5.74, 6) is 0.901. The highest BCUT2D eigenvalue weighted by Crippen LogP contribution is 2.27. The molecule has 0 spiro atoms. The zero-order valence-electron chi connectivity index (χ0n) is 19.6. The average Bonchev–Trinajstić information content (AvgIpc) is 2.82. The van der Waals surface area contributed by atoms with Crippen LogP contribution in [0.25, 0.3) is 17.0 Å². The van der Waals surface area contributed by atoms with Crippen LogP contribution in [0.4, 0.5) is 0 Å². The summed E-state index contributed by atoms with van der Waals surface area (Å²) in [5.41, 5.74) is 4.08. The third-order valence-electron chi connectivity index (χ3n) is 5.51. The largest absolute Gasteiger partial charge is 0.460 e. The van der Waals surface area contributed by atoms with Gasteiger partial charge in [-0.15, -0.1) is 0 Å². The molecule has 0 aliphatic carbocycles. The number of fused-ring (bicyclic) bond motifs is 1. The molecule has 172 valence electrons. The van der Waals surface area contributed by atoms with Crippen LogP contribution >= 0.6 is 0 Å². The molecule has 5 heteroatoms. The van der Waals surface area contributed by atoms with Crippen molar-refractivity contribution in [2.45, 2.75) is 33.6 Å². The van der Waals surface area contributed by atoms with Gasteiger partial charge in [-0.2, -0.15) is 0 Å². The summed E-state index contributed by atoms with van der Waals surface area (Å²) >= 11 is 0. The van der Waals surface area contributed by atoms with Crippen LogP contribution < -0.4 is 14.9 Å². The van der Waals surface area contributed by atoms with Crippen LogP contribution in [0.2, 0.25) is 0 Å². The van der Waals surface area contributed by atoms with Crippen molar-refractivity contribution in [3.8, 4) is 17.2 Å². The first-order chi connectivity index (χ1) is 16.3. The first-order valence-corrected chi connectivity index (χ1v) is 11.1. The molecule has 0 N–H and O–H groups in total. The van der Waals surface area contributed by atoms with E-state index in [4.69, 9.17) is 13.9 Å². The normalized spacial score (nSPS) is 11.3. The number of esters is 1. The third kappa shape index (κ3) is 5.26. The number of carbonyl (C=O) groups is 1. The Labute approximate surface area is 198 Å². The van der Waals surface area contributed by atoms with Gasteiger partial charge < -0.3 is 13.9 Å². The fourth-order valence-electron chi connectivity index (χ4n) is 3.47. The van der Waals surface area contributed by atoms with E-state index in [1.807, 2.05) is 56.3 Å². The molecular weight excluding hydrogens is 428 g/mol. The van der Waals surface area contributed by atoms with Crippen molar-refractivity contribution in [3.05, 3.63) is 105 Å². The monoisotopic (exact) mass is 454 g/mol. The predicted molar refractivity (Wildman–Crippen MR) is 134 cm³/mol. The number of aryl methyl sites for hydroxylation is 2. The summed E-state index contributed by atoms with van der Waals surface area (Å²) in [4.78, 5) is 25.1. The first kappa shape index (κ1) is 23.1. The molecule has 0 aliphatic heterocycles. The maximum atomic E-state index is 12.9. The molecule has 4 rings (SSSR count). The first-order valence-electron chi connectivity index (χ1n) is 11.1. The summed E-state index contributed by atoms with van der Waals surface area (Å²) in [7, 11) is 0. The highest BCUT2D eigenvalue weighted by molar-refractivity contribution is 5.89. The Morgan fingerprint density at radius 1 is 0.941 bits per heavy atom. The third-order valence-corrected chi connectivity index (χ3v) is 5.51. The number of benzene rings is 3. The number of hydrogen-bond donors (Lipinski definition) is 0. The molecule has 0 fully saturated rings. The highest BCUT2D eigenvalue weighted by Gasteiger charge is 2.12. The Morgan fingerprint density at radius 2 is 1.71 bits per heavy atom. The van der Waals surface area contributed by atoms with Gasteiger partial charge >= 0.3 is 5.97 Å². The lowest BCUT2D eigenvalue weighted by molar-refractivity contribution is -0.128. The van der Waals surface area contributed by atoms with Crippen molar-refractivity contribution in [2.24, 2.45) is 0 Å². The second-order valence-electron chi connectivity index (χ2n) is 8.53. The average molecular weight is 455 g/mol. The maximum Gasteiger partial charge on any atom is 0.336 e. The van der Waals surface area contributed by atoms with Crippen molar-refractivity contribution < 1.29 is 18.7 Å². The Hall–Kier alpha value is -4.12. The molecule has 0 saturated carbocycles. The van der Waals surface area contributed by atoms with Gasteiger partial charge in [-0.1, -0.05) is 50.2 Å². The second kappa shape index (κ2) is 9.79. The van der Waals surface area contributed by atoms with Crippen LogP contribution in [0, 0.1) is 13.8 Å². The fraction of sp³-hybridized carbons (Fsp3) is 0.172. The van der Waals surface area contributed by atoms with Gasteiger partial charge in [-0.3, -0.25) is 4.79 Å². The number of ether oxygens (including phenoxy) is 2. The van der Waals surface area contributed by atoms with E-state index in [2.05, 4.69) is 13.8 Å². The quantitative estimate of drug-likeness (QED) is 0.179. The topological polar surface area (TPSA) is 65.7 Å². The molecule has 0 bridgehead atoms. The zero-order valence-corrected chi connectivity index (χ0v) is 19.6. The fourth-order valence-corrected chi connectivity index (χ4v) is 3.47. The Morgan fingerprint density at radius 3 is 2.44 bits per heavy atom. The van der Waals surface area contributed by atoms with Gasteiger partial charge in [0.1, 0.15) is 23.3 Å². The SMILES string of the molecule is Cc1ccc(C)c(Oc2coc3cc(OC(=O)C=Cc4ccc(C(C)C)cc4)ccc3c2=O)c1. The lowest BCUT2D eigenvalue weighted by Gasteiger charge is -2.09. The van der Waals surface area contributed by atoms with Crippen molar-refractivity contribution in [1.29, 1.82) is 0 Å². The van der Waals surface area contributed by atoms with Crippen LogP contribution in [-0.4, -0.2) is 5.97 Å². The highest BCUT2D eigenvalue weighted by atomic mass is 16.5. The van der Waals surface area contributed by atoms with Gasteiger partial charge in [0.25, 0.3) is 0 Å². The molecule has 1 aromatic heterocycles. The predicted octanol–water partition coefficient (Wildman–Crippen LogP) is 6.94. The van der Waals surface area contributed by atoms with Gasteiger partial charge in [0.05, 0.1) is 5.39 Å². The van der Waals surface area contributed by atoms with Gasteiger partial charge in [-0.05, 0) is 66.3 Å². The lowest BCUT2D eigenvalue weighted by Crippen LogP contribution is -2.07. The van der Waals surface area contributed by atoms with E-state index in [-0.39, 0.29) is 16.9 Å². The van der Waals surface area contributed by atoms with Crippen molar-refractivity contribution in [1.82, 2.24) is 0 Å². The van der Waals surface area contributed by atoms with E-state index in [1.54, 1.807) is 18.2 Å². The number of carbonyl (C=O) groups excluding carboxylic acids is 1. The van der Waals surface area contributed by atoms with Gasteiger partial charge in [-0.25, -0.2) is 4.79 Å². The van der Waals surface area contributed by atoms with Gasteiger partial charge in [0, 0.05) is 12.1 Å². The molecule has 0 saturated heterocycles. The summed E-state index contributed by atoms with van der Waals surface area (Å²) in [6.07, 6.45) is 4.34. The minimum atomic E-state index is -0.524. The van der Waals surface area contributed by atoms with E-state index in [1.165, 1.54) is 24.0 Å². The van der Waals surface area contributed by atoms with Crippen molar-refractivity contribution >= 4 is 23.0 Å².